The number of fused-ring (bicyclic) bond motifs is 1. The van der Waals surface area contributed by atoms with Crippen LogP contribution >= 0.6 is 0 Å². The summed E-state index contributed by atoms with van der Waals surface area (Å²) >= 11 is 0. The number of aromatic amines is 1. The van der Waals surface area contributed by atoms with Crippen LogP contribution in [0.25, 0.3) is 21.9 Å². The number of aryl methyl sites for hydroxylation is 1. The first-order chi connectivity index (χ1) is 13.6. The van der Waals surface area contributed by atoms with E-state index in [0.717, 1.165) is 21.9 Å². The minimum atomic E-state index is -0.201. The van der Waals surface area contributed by atoms with Crippen molar-refractivity contribution in [2.75, 3.05) is 6.54 Å². The van der Waals surface area contributed by atoms with Crippen molar-refractivity contribution < 1.29 is 4.79 Å². The van der Waals surface area contributed by atoms with Gasteiger partial charge in [0.25, 0.3) is 11.5 Å². The molecule has 0 aliphatic carbocycles. The molecule has 140 valence electrons. The number of hydrogen-bond acceptors (Lipinski definition) is 4. The van der Waals surface area contributed by atoms with Gasteiger partial charge in [-0.05, 0) is 22.4 Å². The Morgan fingerprint density at radius 3 is 2.79 bits per heavy atom. The molecule has 2 heterocycles. The normalized spacial score (nSPS) is 10.9. The molecule has 0 saturated carbocycles. The molecule has 0 atom stereocenters. The molecule has 2 aromatic carbocycles. The van der Waals surface area contributed by atoms with Crippen LogP contribution in [-0.2, 0) is 13.5 Å². The fourth-order valence-electron chi connectivity index (χ4n) is 3.27. The largest absolute Gasteiger partial charge is 0.352 e. The number of aromatic nitrogens is 4. The zero-order valence-electron chi connectivity index (χ0n) is 15.3. The van der Waals surface area contributed by atoms with Crippen LogP contribution in [-0.4, -0.2) is 32.2 Å². The summed E-state index contributed by atoms with van der Waals surface area (Å²) in [7, 11) is 1.88. The molecular weight excluding hydrogens is 354 g/mol. The van der Waals surface area contributed by atoms with E-state index in [-0.39, 0.29) is 11.5 Å². The predicted molar refractivity (Wildman–Crippen MR) is 107 cm³/mol. The smallest absolute Gasteiger partial charge is 0.251 e. The van der Waals surface area contributed by atoms with Crippen LogP contribution in [0, 0.1) is 0 Å². The molecule has 4 aromatic rings. The predicted octanol–water partition coefficient (Wildman–Crippen LogP) is 2.30. The van der Waals surface area contributed by atoms with Crippen molar-refractivity contribution in [3.63, 3.8) is 0 Å². The van der Waals surface area contributed by atoms with Crippen LogP contribution in [0.3, 0.4) is 0 Å². The van der Waals surface area contributed by atoms with Crippen LogP contribution in [0.4, 0.5) is 0 Å². The first-order valence-electron chi connectivity index (χ1n) is 8.94. The van der Waals surface area contributed by atoms with Gasteiger partial charge in [-0.25, -0.2) is 4.98 Å². The quantitative estimate of drug-likeness (QED) is 0.561. The second-order valence-electron chi connectivity index (χ2n) is 6.52. The van der Waals surface area contributed by atoms with Crippen LogP contribution in [0.1, 0.15) is 16.1 Å². The van der Waals surface area contributed by atoms with Crippen molar-refractivity contribution in [2.24, 2.45) is 7.05 Å². The minimum absolute atomic E-state index is 0.154. The van der Waals surface area contributed by atoms with Gasteiger partial charge >= 0.3 is 0 Å². The summed E-state index contributed by atoms with van der Waals surface area (Å²) in [5, 5.41) is 9.04. The van der Waals surface area contributed by atoms with E-state index < -0.39 is 0 Å². The number of benzene rings is 2. The number of nitrogens with one attached hydrogen (secondary N) is 2. The van der Waals surface area contributed by atoms with Crippen molar-refractivity contribution in [1.29, 1.82) is 0 Å². The van der Waals surface area contributed by atoms with Crippen molar-refractivity contribution in [3.05, 3.63) is 82.8 Å². The Bertz CT molecular complexity index is 1210. The molecule has 0 bridgehead atoms. The summed E-state index contributed by atoms with van der Waals surface area (Å²) in [6, 6.07) is 13.1. The van der Waals surface area contributed by atoms with E-state index in [2.05, 4.69) is 20.4 Å². The average molecular weight is 373 g/mol. The molecular formula is C21H19N5O2. The maximum Gasteiger partial charge on any atom is 0.251 e. The number of rotatable bonds is 5. The van der Waals surface area contributed by atoms with Gasteiger partial charge in [0.2, 0.25) is 0 Å². The monoisotopic (exact) mass is 373 g/mol. The number of carbonyl (C=O) groups excluding carboxylic acids is 1. The Morgan fingerprint density at radius 2 is 2.00 bits per heavy atom. The standard InChI is InChI=1S/C21H19N5O2/c1-26-12-14(11-25-26)16-4-2-6-18-17(16)5-3-7-19(18)21(28)22-9-8-15-10-20(27)24-13-23-15/h2-7,10-13H,8-9H2,1H3,(H,22,28)(H,23,24,27). The third kappa shape index (κ3) is 3.55. The molecule has 7 heteroatoms. The molecule has 0 aliphatic rings. The summed E-state index contributed by atoms with van der Waals surface area (Å²) in [6.07, 6.45) is 5.62. The fraction of sp³-hybridized carbons (Fsp3) is 0.143. The Labute approximate surface area is 161 Å². The summed E-state index contributed by atoms with van der Waals surface area (Å²) in [6.45, 7) is 0.397. The molecule has 0 unspecified atom stereocenters. The van der Waals surface area contributed by atoms with Gasteiger partial charge in [0.15, 0.2) is 0 Å². The molecule has 2 aromatic heterocycles. The van der Waals surface area contributed by atoms with Gasteiger partial charge in [-0.1, -0.05) is 30.3 Å². The number of amides is 1. The van der Waals surface area contributed by atoms with Crippen molar-refractivity contribution >= 4 is 16.7 Å². The van der Waals surface area contributed by atoms with Gasteiger partial charge in [0.05, 0.1) is 12.5 Å². The molecule has 0 fully saturated rings. The van der Waals surface area contributed by atoms with E-state index in [9.17, 15) is 9.59 Å². The van der Waals surface area contributed by atoms with Gasteiger partial charge < -0.3 is 10.3 Å². The molecule has 1 amide bonds. The van der Waals surface area contributed by atoms with E-state index in [1.807, 2.05) is 55.8 Å². The topological polar surface area (TPSA) is 92.7 Å². The van der Waals surface area contributed by atoms with E-state index >= 15 is 0 Å². The Morgan fingerprint density at radius 1 is 1.18 bits per heavy atom. The third-order valence-electron chi connectivity index (χ3n) is 4.58. The molecule has 0 aliphatic heterocycles. The highest BCUT2D eigenvalue weighted by Gasteiger charge is 2.13. The molecule has 0 spiro atoms. The first-order valence-corrected chi connectivity index (χ1v) is 8.94. The summed E-state index contributed by atoms with van der Waals surface area (Å²) in [5.41, 5.74) is 3.09. The Kier molecular flexibility index (Phi) is 4.72. The first kappa shape index (κ1) is 17.7. The number of H-pyrrole nitrogens is 1. The van der Waals surface area contributed by atoms with Gasteiger partial charge in [0, 0.05) is 49.1 Å². The molecule has 2 N–H and O–H groups in total. The van der Waals surface area contributed by atoms with Crippen LogP contribution in [0.5, 0.6) is 0 Å². The number of nitrogens with zero attached hydrogens (tertiary/aromatic N) is 3. The van der Waals surface area contributed by atoms with Crippen molar-refractivity contribution in [3.8, 4) is 11.1 Å². The van der Waals surface area contributed by atoms with E-state index in [1.54, 1.807) is 4.68 Å². The van der Waals surface area contributed by atoms with Gasteiger partial charge in [-0.15, -0.1) is 0 Å². The number of carbonyl (C=O) groups is 1. The highest BCUT2D eigenvalue weighted by molar-refractivity contribution is 6.10. The summed E-state index contributed by atoms with van der Waals surface area (Å²) in [5.74, 6) is -0.154. The minimum Gasteiger partial charge on any atom is -0.352 e. The summed E-state index contributed by atoms with van der Waals surface area (Å²) < 4.78 is 1.76. The SMILES string of the molecule is Cn1cc(-c2cccc3c(C(=O)NCCc4cc(=O)[nH]cn4)cccc23)cn1. The van der Waals surface area contributed by atoms with Gasteiger partial charge in [-0.2, -0.15) is 5.10 Å². The molecule has 28 heavy (non-hydrogen) atoms. The lowest BCUT2D eigenvalue weighted by Crippen LogP contribution is -2.26. The number of hydrogen-bond donors (Lipinski definition) is 2. The summed E-state index contributed by atoms with van der Waals surface area (Å²) in [4.78, 5) is 30.6. The van der Waals surface area contributed by atoms with Gasteiger partial charge in [-0.3, -0.25) is 14.3 Å². The van der Waals surface area contributed by atoms with Crippen LogP contribution in [0.2, 0.25) is 0 Å². The van der Waals surface area contributed by atoms with Crippen LogP contribution < -0.4 is 10.9 Å². The molecule has 0 saturated heterocycles. The van der Waals surface area contributed by atoms with Crippen LogP contribution in [0.15, 0.2) is 66.0 Å². The second kappa shape index (κ2) is 7.48. The lowest BCUT2D eigenvalue weighted by Gasteiger charge is -2.10. The van der Waals surface area contributed by atoms with E-state index in [4.69, 9.17) is 0 Å². The lowest BCUT2D eigenvalue weighted by molar-refractivity contribution is 0.0955. The highest BCUT2D eigenvalue weighted by atomic mass is 16.1. The molecule has 0 radical (unpaired) electrons. The zero-order chi connectivity index (χ0) is 19.5. The highest BCUT2D eigenvalue weighted by Crippen LogP contribution is 2.30. The molecule has 7 nitrogen and oxygen atoms in total. The fourth-order valence-corrected chi connectivity index (χ4v) is 3.27. The third-order valence-corrected chi connectivity index (χ3v) is 4.58. The molecule has 4 rings (SSSR count). The maximum atomic E-state index is 12.8. The van der Waals surface area contributed by atoms with E-state index in [0.29, 0.717) is 24.2 Å². The maximum absolute atomic E-state index is 12.8. The Hall–Kier alpha value is -3.74. The zero-order valence-corrected chi connectivity index (χ0v) is 15.3. The lowest BCUT2D eigenvalue weighted by atomic mass is 9.97. The van der Waals surface area contributed by atoms with Crippen molar-refractivity contribution in [2.45, 2.75) is 6.42 Å². The average Bonchev–Trinajstić information content (AvgIpc) is 3.13. The van der Waals surface area contributed by atoms with E-state index in [1.165, 1.54) is 12.4 Å². The van der Waals surface area contributed by atoms with Gasteiger partial charge in [0.1, 0.15) is 0 Å². The van der Waals surface area contributed by atoms with Crippen molar-refractivity contribution in [1.82, 2.24) is 25.1 Å². The second-order valence-corrected chi connectivity index (χ2v) is 6.52. The Balaban J connectivity index is 1.58.